The van der Waals surface area contributed by atoms with Crippen molar-refractivity contribution in [1.82, 2.24) is 0 Å². The minimum absolute atomic E-state index is 0.00461. The topological polar surface area (TPSA) is 313 Å². The minimum atomic E-state index is -5.05. The minimum Gasteiger partial charge on any atom is -0.478 e. The number of Topliss-reactive ketones (excluding diaryl/α,β-unsaturated/α-hetero) is 2. The van der Waals surface area contributed by atoms with Crippen LogP contribution in [0.15, 0.2) is 117 Å². The number of carboxylic acid groups (broad SMARTS) is 1. The lowest BCUT2D eigenvalue weighted by Gasteiger charge is -2.18. The molecule has 9 N–H and O–H groups in total. The highest BCUT2D eigenvalue weighted by molar-refractivity contribution is 7.91. The molecule has 7 rings (SSSR count). The number of anilines is 5. The molecule has 2 aliphatic rings. The molecule has 2 amide bonds. The molecule has 0 unspecified atom stereocenters. The SMILES string of the molecule is Cc1cc(C(=O)Nc2ccc3c(c2)C=C(S(=O)(=O)O)/C(=N\Nc2ccc(C(=O)Nc4ccc5c(c4)C=C(S(=O)(=O)O)/C(=N\Nc4ccccc4C(=O)O)C5=O)cc2C)C3=O)ccc1N. The van der Waals surface area contributed by atoms with Crippen molar-refractivity contribution >= 4 is 102 Å². The Morgan fingerprint density at radius 3 is 1.53 bits per heavy atom. The summed E-state index contributed by atoms with van der Waals surface area (Å²) >= 11 is 0. The van der Waals surface area contributed by atoms with E-state index in [0.717, 1.165) is 12.2 Å². The summed E-state index contributed by atoms with van der Waals surface area (Å²) in [6, 6.07) is 22.6. The smallest absolute Gasteiger partial charge is 0.337 e. The number of hydrazone groups is 2. The molecule has 0 fully saturated rings. The lowest BCUT2D eigenvalue weighted by Crippen LogP contribution is -2.27. The molecule has 0 atom stereocenters. The van der Waals surface area contributed by atoms with Crippen LogP contribution in [-0.4, -0.2) is 71.8 Å². The number of nitrogen functional groups attached to an aromatic ring is 1. The van der Waals surface area contributed by atoms with Crippen LogP contribution in [0.5, 0.6) is 0 Å². The van der Waals surface area contributed by atoms with E-state index in [-0.39, 0.29) is 56.1 Å². The largest absolute Gasteiger partial charge is 0.478 e. The van der Waals surface area contributed by atoms with Crippen molar-refractivity contribution in [3.63, 3.8) is 0 Å². The summed E-state index contributed by atoms with van der Waals surface area (Å²) in [5.74, 6) is -4.24. The van der Waals surface area contributed by atoms with E-state index < -0.39 is 70.8 Å². The number of fused-ring (bicyclic) bond motifs is 2. The second-order valence-electron chi connectivity index (χ2n) is 14.2. The van der Waals surface area contributed by atoms with Gasteiger partial charge in [-0.05, 0) is 133 Å². The first-order chi connectivity index (χ1) is 30.2. The van der Waals surface area contributed by atoms with Crippen LogP contribution < -0.4 is 27.2 Å². The van der Waals surface area contributed by atoms with Gasteiger partial charge in [0.25, 0.3) is 32.1 Å². The Balaban J connectivity index is 1.08. The predicted octanol–water partition coefficient (Wildman–Crippen LogP) is 5.87. The number of carboxylic acids is 1. The van der Waals surface area contributed by atoms with Crippen LogP contribution in [-0.2, 0) is 20.2 Å². The van der Waals surface area contributed by atoms with Crippen molar-refractivity contribution in [3.8, 4) is 0 Å². The van der Waals surface area contributed by atoms with Crippen LogP contribution in [0, 0.1) is 13.8 Å². The summed E-state index contributed by atoms with van der Waals surface area (Å²) < 4.78 is 69.8. The number of nitrogens with one attached hydrogen (secondary N) is 4. The first-order valence-corrected chi connectivity index (χ1v) is 21.4. The number of hydrogen-bond acceptors (Lipinski definition) is 14. The summed E-state index contributed by atoms with van der Waals surface area (Å²) in [6.07, 6.45) is 2.01. The summed E-state index contributed by atoms with van der Waals surface area (Å²) in [4.78, 5) is 63.2. The van der Waals surface area contributed by atoms with E-state index in [1.54, 1.807) is 26.0 Å². The number of nitrogens with zero attached hydrogens (tertiary/aromatic N) is 2. The maximum atomic E-state index is 13.6. The number of allylic oxidation sites excluding steroid dienone is 2. The number of para-hydroxylation sites is 1. The zero-order valence-electron chi connectivity index (χ0n) is 33.2. The van der Waals surface area contributed by atoms with Gasteiger partial charge in [0.2, 0.25) is 11.6 Å². The van der Waals surface area contributed by atoms with Crippen molar-refractivity contribution in [3.05, 3.63) is 157 Å². The molecule has 0 radical (unpaired) electrons. The Bertz CT molecular complexity index is 3270. The fraction of sp³-hybridized carbons (Fsp3) is 0.0465. The first kappa shape index (κ1) is 44.0. The number of ketones is 2. The normalized spacial score (nSPS) is 14.8. The van der Waals surface area contributed by atoms with Crippen molar-refractivity contribution in [1.29, 1.82) is 0 Å². The molecular formula is C43H33N7O12S2. The van der Waals surface area contributed by atoms with Crippen LogP contribution in [0.25, 0.3) is 12.2 Å². The monoisotopic (exact) mass is 903 g/mol. The number of amides is 2. The molecule has 21 heteroatoms. The van der Waals surface area contributed by atoms with Gasteiger partial charge in [0, 0.05) is 39.3 Å². The van der Waals surface area contributed by atoms with Crippen LogP contribution >= 0.6 is 0 Å². The van der Waals surface area contributed by atoms with Gasteiger partial charge in [-0.1, -0.05) is 12.1 Å². The molecule has 0 aliphatic heterocycles. The second kappa shape index (κ2) is 17.0. The third-order valence-electron chi connectivity index (χ3n) is 9.89. The lowest BCUT2D eigenvalue weighted by molar-refractivity contribution is 0.0697. The van der Waals surface area contributed by atoms with Gasteiger partial charge >= 0.3 is 5.97 Å². The van der Waals surface area contributed by atoms with Crippen LogP contribution in [0.4, 0.5) is 28.4 Å². The van der Waals surface area contributed by atoms with E-state index in [2.05, 4.69) is 31.7 Å². The summed E-state index contributed by atoms with van der Waals surface area (Å²) in [5, 5.41) is 22.6. The van der Waals surface area contributed by atoms with Crippen molar-refractivity contribution in [2.75, 3.05) is 27.2 Å². The van der Waals surface area contributed by atoms with E-state index in [0.29, 0.717) is 22.4 Å². The van der Waals surface area contributed by atoms with Gasteiger partial charge in [0.15, 0.2) is 11.4 Å². The molecule has 0 aromatic heterocycles. The molecular weight excluding hydrogens is 871 g/mol. The number of hydrogen-bond donors (Lipinski definition) is 8. The molecule has 19 nitrogen and oxygen atoms in total. The predicted molar refractivity (Wildman–Crippen MR) is 239 cm³/mol. The van der Waals surface area contributed by atoms with Gasteiger partial charge in [-0.15, -0.1) is 0 Å². The number of carbonyl (C=O) groups is 5. The number of aromatic carboxylic acids is 1. The molecule has 5 aromatic rings. The van der Waals surface area contributed by atoms with E-state index >= 15 is 0 Å². The van der Waals surface area contributed by atoms with Crippen LogP contribution in [0.2, 0.25) is 0 Å². The average molecular weight is 904 g/mol. The number of aryl methyl sites for hydroxylation is 2. The maximum absolute atomic E-state index is 13.6. The van der Waals surface area contributed by atoms with Gasteiger partial charge in [-0.3, -0.25) is 39.1 Å². The standard InChI is InChI=1S/C43H33N7O12S2/c1-21-15-23(7-13-32(21)44)41(53)45-27-9-11-29-25(17-27)19-35(63(57,58)59)37(39(29)51)49-47-33-14-8-24(16-22(33)2)42(54)46-28-10-12-30-26(18-28)20-36(64(60,61)62)38(40(30)52)50-48-34-6-4-3-5-31(34)43(55)56/h3-20,47-48H,44H2,1-2H3,(H,45,53)(H,46,54)(H,55,56)(H,57,58,59)(H,60,61,62)/b49-37+,50-38+. The number of nitrogens with two attached hydrogens (primary N) is 1. The fourth-order valence-corrected chi connectivity index (χ4v) is 7.91. The number of benzene rings is 5. The number of carbonyl (C=O) groups excluding carboxylic acids is 4. The highest BCUT2D eigenvalue weighted by Crippen LogP contribution is 2.31. The molecule has 2 aliphatic carbocycles. The molecule has 0 heterocycles. The Labute approximate surface area is 363 Å². The van der Waals surface area contributed by atoms with E-state index in [1.165, 1.54) is 84.9 Å². The van der Waals surface area contributed by atoms with Crippen molar-refractivity contribution in [2.24, 2.45) is 10.2 Å². The van der Waals surface area contributed by atoms with Crippen molar-refractivity contribution in [2.45, 2.75) is 13.8 Å². The van der Waals surface area contributed by atoms with Crippen LogP contribution in [0.1, 0.15) is 74.0 Å². The molecule has 0 saturated carbocycles. The fourth-order valence-electron chi connectivity index (χ4n) is 6.59. The molecule has 0 saturated heterocycles. The van der Waals surface area contributed by atoms with Gasteiger partial charge < -0.3 is 21.5 Å². The highest BCUT2D eigenvalue weighted by Gasteiger charge is 2.35. The summed E-state index contributed by atoms with van der Waals surface area (Å²) in [6.45, 7) is 3.32. The molecule has 64 heavy (non-hydrogen) atoms. The van der Waals surface area contributed by atoms with Gasteiger partial charge in [0.1, 0.15) is 9.81 Å². The van der Waals surface area contributed by atoms with Gasteiger partial charge in [-0.2, -0.15) is 27.0 Å². The third kappa shape index (κ3) is 9.07. The van der Waals surface area contributed by atoms with E-state index in [9.17, 15) is 55.0 Å². The van der Waals surface area contributed by atoms with Gasteiger partial charge in [-0.25, -0.2) is 4.79 Å². The third-order valence-corrected chi connectivity index (χ3v) is 11.6. The number of rotatable bonds is 11. The molecule has 324 valence electrons. The Hall–Kier alpha value is -8.11. The van der Waals surface area contributed by atoms with Gasteiger partial charge in [0.05, 0.1) is 16.9 Å². The maximum Gasteiger partial charge on any atom is 0.337 e. The molecule has 5 aromatic carbocycles. The van der Waals surface area contributed by atoms with Crippen LogP contribution in [0.3, 0.4) is 0 Å². The highest BCUT2D eigenvalue weighted by atomic mass is 32.2. The zero-order valence-corrected chi connectivity index (χ0v) is 34.8. The van der Waals surface area contributed by atoms with E-state index in [1.807, 2.05) is 0 Å². The molecule has 0 spiro atoms. The summed E-state index contributed by atoms with van der Waals surface area (Å²) in [5.41, 5.74) is 11.9. The van der Waals surface area contributed by atoms with E-state index in [4.69, 9.17) is 5.73 Å². The Kier molecular flexibility index (Phi) is 11.7. The second-order valence-corrected chi connectivity index (χ2v) is 17.0. The summed E-state index contributed by atoms with van der Waals surface area (Å²) in [7, 11) is -10.1. The quantitative estimate of drug-likeness (QED) is 0.0436. The Morgan fingerprint density at radius 2 is 1.06 bits per heavy atom. The Morgan fingerprint density at radius 1 is 0.594 bits per heavy atom. The zero-order chi connectivity index (χ0) is 46.2. The van der Waals surface area contributed by atoms with Crippen molar-refractivity contribution < 1.29 is 55.0 Å². The average Bonchev–Trinajstić information content (AvgIpc) is 3.23. The lowest BCUT2D eigenvalue weighted by atomic mass is 9.94. The molecule has 0 bridgehead atoms. The first-order valence-electron chi connectivity index (χ1n) is 18.6.